The predicted molar refractivity (Wildman–Crippen MR) is 112 cm³/mol. The SMILES string of the molecule is CCCS(=O)(=O)Nc1cccc(C(=O)Nc2ccc(N3CCOCC3)c(F)c2)c1. The van der Waals surface area contributed by atoms with E-state index in [1.165, 1.54) is 12.1 Å². The lowest BCUT2D eigenvalue weighted by molar-refractivity contribution is 0.102. The summed E-state index contributed by atoms with van der Waals surface area (Å²) in [5, 5.41) is 2.65. The molecule has 2 N–H and O–H groups in total. The van der Waals surface area contributed by atoms with Crippen LogP contribution in [-0.2, 0) is 14.8 Å². The van der Waals surface area contributed by atoms with Crippen molar-refractivity contribution in [3.05, 3.63) is 53.8 Å². The molecule has 0 saturated carbocycles. The van der Waals surface area contributed by atoms with Crippen molar-refractivity contribution in [2.75, 3.05) is 47.0 Å². The summed E-state index contributed by atoms with van der Waals surface area (Å²) in [4.78, 5) is 14.4. The number of carbonyl (C=O) groups excluding carboxylic acids is 1. The summed E-state index contributed by atoms with van der Waals surface area (Å²) in [7, 11) is -3.45. The van der Waals surface area contributed by atoms with Gasteiger partial charge < -0.3 is 15.0 Å². The molecule has 0 unspecified atom stereocenters. The smallest absolute Gasteiger partial charge is 0.255 e. The number of benzene rings is 2. The first-order chi connectivity index (χ1) is 13.9. The van der Waals surface area contributed by atoms with Crippen LogP contribution in [0.1, 0.15) is 23.7 Å². The Bertz CT molecular complexity index is 975. The average Bonchev–Trinajstić information content (AvgIpc) is 2.68. The standard InChI is InChI=1S/C20H24FN3O4S/c1-2-12-29(26,27)23-17-5-3-4-15(13-17)20(25)22-16-6-7-19(18(21)14-16)24-8-10-28-11-9-24/h3-7,13-14,23H,2,8-12H2,1H3,(H,22,25). The minimum Gasteiger partial charge on any atom is -0.378 e. The van der Waals surface area contributed by atoms with Gasteiger partial charge in [0.15, 0.2) is 0 Å². The number of nitrogens with zero attached hydrogens (tertiary/aromatic N) is 1. The van der Waals surface area contributed by atoms with Crippen LogP contribution in [0.25, 0.3) is 0 Å². The third-order valence-corrected chi connectivity index (χ3v) is 5.92. The third-order valence-electron chi connectivity index (χ3n) is 4.43. The molecule has 2 aromatic carbocycles. The van der Waals surface area contributed by atoms with E-state index in [1.54, 1.807) is 37.3 Å². The Morgan fingerprint density at radius 3 is 2.59 bits per heavy atom. The lowest BCUT2D eigenvalue weighted by Gasteiger charge is -2.29. The number of sulfonamides is 1. The summed E-state index contributed by atoms with van der Waals surface area (Å²) in [5.41, 5.74) is 1.36. The number of hydrogen-bond donors (Lipinski definition) is 2. The number of rotatable bonds is 7. The zero-order valence-electron chi connectivity index (χ0n) is 16.2. The second-order valence-electron chi connectivity index (χ2n) is 6.72. The summed E-state index contributed by atoms with van der Waals surface area (Å²) < 4.78 is 46.0. The Balaban J connectivity index is 1.70. The highest BCUT2D eigenvalue weighted by Crippen LogP contribution is 2.24. The summed E-state index contributed by atoms with van der Waals surface area (Å²) in [6.45, 7) is 4.10. The van der Waals surface area contributed by atoms with Crippen LogP contribution in [0.15, 0.2) is 42.5 Å². The lowest BCUT2D eigenvalue weighted by Crippen LogP contribution is -2.36. The van der Waals surface area contributed by atoms with Gasteiger partial charge >= 0.3 is 0 Å². The number of nitrogens with one attached hydrogen (secondary N) is 2. The topological polar surface area (TPSA) is 87.7 Å². The van der Waals surface area contributed by atoms with E-state index in [4.69, 9.17) is 4.74 Å². The van der Waals surface area contributed by atoms with Gasteiger partial charge in [-0.1, -0.05) is 13.0 Å². The van der Waals surface area contributed by atoms with Crippen LogP contribution in [0, 0.1) is 5.82 Å². The molecule has 3 rings (SSSR count). The number of halogens is 1. The van der Waals surface area contributed by atoms with Crippen LogP contribution in [0.5, 0.6) is 0 Å². The molecule has 0 aliphatic carbocycles. The van der Waals surface area contributed by atoms with Crippen LogP contribution >= 0.6 is 0 Å². The summed E-state index contributed by atoms with van der Waals surface area (Å²) in [6, 6.07) is 10.7. The Hall–Kier alpha value is -2.65. The van der Waals surface area contributed by atoms with Crippen molar-refractivity contribution in [1.82, 2.24) is 0 Å². The van der Waals surface area contributed by atoms with E-state index in [0.29, 0.717) is 49.8 Å². The van der Waals surface area contributed by atoms with Crippen LogP contribution in [0.2, 0.25) is 0 Å². The molecule has 1 aliphatic rings. The van der Waals surface area contributed by atoms with Crippen LogP contribution in [-0.4, -0.2) is 46.4 Å². The van der Waals surface area contributed by atoms with E-state index in [2.05, 4.69) is 10.0 Å². The number of amides is 1. The van der Waals surface area contributed by atoms with Gasteiger partial charge in [0.05, 0.1) is 24.7 Å². The van der Waals surface area contributed by atoms with Crippen molar-refractivity contribution in [2.24, 2.45) is 0 Å². The molecule has 0 radical (unpaired) electrons. The minimum atomic E-state index is -3.45. The molecule has 7 nitrogen and oxygen atoms in total. The Labute approximate surface area is 169 Å². The fourth-order valence-electron chi connectivity index (χ4n) is 3.07. The first-order valence-corrected chi connectivity index (χ1v) is 11.1. The van der Waals surface area contributed by atoms with E-state index in [9.17, 15) is 17.6 Å². The number of hydrogen-bond acceptors (Lipinski definition) is 5. The van der Waals surface area contributed by atoms with Crippen molar-refractivity contribution in [2.45, 2.75) is 13.3 Å². The second kappa shape index (κ2) is 9.23. The van der Waals surface area contributed by atoms with Gasteiger partial charge in [-0.2, -0.15) is 0 Å². The molecule has 0 aromatic heterocycles. The van der Waals surface area contributed by atoms with E-state index >= 15 is 0 Å². The van der Waals surface area contributed by atoms with Gasteiger partial charge in [0, 0.05) is 30.0 Å². The molecule has 1 heterocycles. The van der Waals surface area contributed by atoms with Gasteiger partial charge in [0.25, 0.3) is 5.91 Å². The predicted octanol–water partition coefficient (Wildman–Crippen LogP) is 3.07. The molecular weight excluding hydrogens is 397 g/mol. The number of anilines is 3. The van der Waals surface area contributed by atoms with Crippen LogP contribution in [0.3, 0.4) is 0 Å². The van der Waals surface area contributed by atoms with Gasteiger partial charge in [-0.15, -0.1) is 0 Å². The second-order valence-corrected chi connectivity index (χ2v) is 8.56. The lowest BCUT2D eigenvalue weighted by atomic mass is 10.2. The highest BCUT2D eigenvalue weighted by molar-refractivity contribution is 7.92. The molecule has 0 spiro atoms. The van der Waals surface area contributed by atoms with Gasteiger partial charge in [-0.3, -0.25) is 9.52 Å². The maximum atomic E-state index is 14.5. The van der Waals surface area contributed by atoms with Crippen molar-refractivity contribution in [1.29, 1.82) is 0 Å². The molecule has 1 amide bonds. The molecule has 1 fully saturated rings. The molecule has 1 saturated heterocycles. The molecule has 1 aliphatic heterocycles. The molecule has 9 heteroatoms. The first-order valence-electron chi connectivity index (χ1n) is 9.42. The van der Waals surface area contributed by atoms with Gasteiger partial charge in [-0.25, -0.2) is 12.8 Å². The Morgan fingerprint density at radius 1 is 1.14 bits per heavy atom. The first kappa shape index (κ1) is 21.1. The largest absolute Gasteiger partial charge is 0.378 e. The van der Waals surface area contributed by atoms with Crippen molar-refractivity contribution >= 4 is 33.0 Å². The highest BCUT2D eigenvalue weighted by atomic mass is 32.2. The summed E-state index contributed by atoms with van der Waals surface area (Å²) >= 11 is 0. The van der Waals surface area contributed by atoms with E-state index in [0.717, 1.165) is 0 Å². The molecule has 29 heavy (non-hydrogen) atoms. The molecule has 156 valence electrons. The quantitative estimate of drug-likeness (QED) is 0.717. The summed E-state index contributed by atoms with van der Waals surface area (Å²) in [6.07, 6.45) is 0.488. The fraction of sp³-hybridized carbons (Fsp3) is 0.350. The molecule has 2 aromatic rings. The number of ether oxygens (including phenoxy) is 1. The Morgan fingerprint density at radius 2 is 1.90 bits per heavy atom. The van der Waals surface area contributed by atoms with E-state index < -0.39 is 21.7 Å². The third kappa shape index (κ3) is 5.68. The maximum absolute atomic E-state index is 14.5. The zero-order valence-corrected chi connectivity index (χ0v) is 17.0. The molecule has 0 atom stereocenters. The van der Waals surface area contributed by atoms with Crippen molar-refractivity contribution in [3.8, 4) is 0 Å². The van der Waals surface area contributed by atoms with Crippen LogP contribution in [0.4, 0.5) is 21.5 Å². The zero-order chi connectivity index (χ0) is 20.9. The van der Waals surface area contributed by atoms with E-state index in [-0.39, 0.29) is 11.3 Å². The summed E-state index contributed by atoms with van der Waals surface area (Å²) in [5.74, 6) is -0.885. The monoisotopic (exact) mass is 421 g/mol. The van der Waals surface area contributed by atoms with Crippen LogP contribution < -0.4 is 14.9 Å². The van der Waals surface area contributed by atoms with E-state index in [1.807, 2.05) is 4.90 Å². The normalized spacial score (nSPS) is 14.5. The Kier molecular flexibility index (Phi) is 6.71. The molecule has 0 bridgehead atoms. The van der Waals surface area contributed by atoms with Gasteiger partial charge in [-0.05, 0) is 42.8 Å². The van der Waals surface area contributed by atoms with Gasteiger partial charge in [0.1, 0.15) is 5.82 Å². The van der Waals surface area contributed by atoms with Gasteiger partial charge in [0.2, 0.25) is 10.0 Å². The minimum absolute atomic E-state index is 0.00179. The molecular formula is C20H24FN3O4S. The highest BCUT2D eigenvalue weighted by Gasteiger charge is 2.16. The van der Waals surface area contributed by atoms with Crippen molar-refractivity contribution < 1.29 is 22.3 Å². The average molecular weight is 421 g/mol. The van der Waals surface area contributed by atoms with Crippen molar-refractivity contribution in [3.63, 3.8) is 0 Å². The fourth-order valence-corrected chi connectivity index (χ4v) is 4.20. The maximum Gasteiger partial charge on any atom is 0.255 e. The number of morpholine rings is 1. The number of carbonyl (C=O) groups is 1.